The summed E-state index contributed by atoms with van der Waals surface area (Å²) in [5, 5.41) is 3.17. The summed E-state index contributed by atoms with van der Waals surface area (Å²) in [6.45, 7) is 3.26. The minimum Gasteiger partial charge on any atom is -0.248 e. The zero-order valence-electron chi connectivity index (χ0n) is 5.47. The largest absolute Gasteiger partial charge is 0.435 e. The third-order valence-corrected chi connectivity index (χ3v) is 1.09. The van der Waals surface area contributed by atoms with Crippen LogP contribution in [0.1, 0.15) is 5.69 Å². The normalized spacial score (nSPS) is 11.5. The van der Waals surface area contributed by atoms with Gasteiger partial charge in [0.25, 0.3) is 0 Å². The van der Waals surface area contributed by atoms with E-state index in [0.29, 0.717) is 0 Å². The van der Waals surface area contributed by atoms with Crippen molar-refractivity contribution in [1.29, 1.82) is 0 Å². The third kappa shape index (κ3) is 1.60. The van der Waals surface area contributed by atoms with Gasteiger partial charge in [-0.1, -0.05) is 6.58 Å². The highest BCUT2D eigenvalue weighted by atomic mass is 19.4. The summed E-state index contributed by atoms with van der Waals surface area (Å²) in [5.41, 5.74) is -0.905. The quantitative estimate of drug-likeness (QED) is 0.617. The van der Waals surface area contributed by atoms with Gasteiger partial charge in [-0.25, -0.2) is 4.68 Å². The van der Waals surface area contributed by atoms with E-state index in [1.807, 2.05) is 0 Å². The lowest BCUT2D eigenvalue weighted by Crippen LogP contribution is -2.06. The minimum atomic E-state index is -4.37. The summed E-state index contributed by atoms with van der Waals surface area (Å²) in [4.78, 5) is 0. The van der Waals surface area contributed by atoms with Gasteiger partial charge in [0.15, 0.2) is 5.69 Å². The Morgan fingerprint density at radius 1 is 1.55 bits per heavy atom. The molecule has 0 bridgehead atoms. The van der Waals surface area contributed by atoms with Crippen molar-refractivity contribution in [2.75, 3.05) is 0 Å². The van der Waals surface area contributed by atoms with Crippen molar-refractivity contribution in [2.24, 2.45) is 0 Å². The SMILES string of the molecule is C=Cn1ccc(C(F)(F)F)n1. The van der Waals surface area contributed by atoms with Gasteiger partial charge < -0.3 is 0 Å². The second kappa shape index (κ2) is 2.41. The van der Waals surface area contributed by atoms with E-state index < -0.39 is 11.9 Å². The molecular weight excluding hydrogens is 157 g/mol. The molecule has 0 saturated heterocycles. The highest BCUT2D eigenvalue weighted by molar-refractivity contribution is 5.16. The number of halogens is 3. The Labute approximate surface area is 60.9 Å². The van der Waals surface area contributed by atoms with Crippen molar-refractivity contribution < 1.29 is 13.2 Å². The van der Waals surface area contributed by atoms with E-state index >= 15 is 0 Å². The van der Waals surface area contributed by atoms with Crippen LogP contribution in [0.2, 0.25) is 0 Å². The number of hydrogen-bond acceptors (Lipinski definition) is 1. The van der Waals surface area contributed by atoms with E-state index in [4.69, 9.17) is 0 Å². The van der Waals surface area contributed by atoms with Gasteiger partial charge in [0, 0.05) is 12.4 Å². The molecule has 0 fully saturated rings. The summed E-state index contributed by atoms with van der Waals surface area (Å²) < 4.78 is 36.5. The number of hydrogen-bond donors (Lipinski definition) is 0. The van der Waals surface area contributed by atoms with Gasteiger partial charge in [0.1, 0.15) is 0 Å². The summed E-state index contributed by atoms with van der Waals surface area (Å²) in [5.74, 6) is 0. The van der Waals surface area contributed by atoms with Crippen LogP contribution < -0.4 is 0 Å². The summed E-state index contributed by atoms with van der Waals surface area (Å²) in [7, 11) is 0. The maximum atomic E-state index is 11.8. The first kappa shape index (κ1) is 7.84. The monoisotopic (exact) mass is 162 g/mol. The maximum Gasteiger partial charge on any atom is 0.435 e. The van der Waals surface area contributed by atoms with Crippen molar-refractivity contribution in [1.82, 2.24) is 9.78 Å². The lowest BCUT2D eigenvalue weighted by atomic mass is 10.4. The van der Waals surface area contributed by atoms with E-state index in [0.717, 1.165) is 10.7 Å². The Morgan fingerprint density at radius 3 is 2.45 bits per heavy atom. The number of rotatable bonds is 1. The molecule has 0 radical (unpaired) electrons. The molecule has 60 valence electrons. The number of alkyl halides is 3. The molecule has 0 aliphatic heterocycles. The standard InChI is InChI=1S/C6H5F3N2/c1-2-11-4-3-5(10-11)6(7,8)9/h2-4H,1H2. The van der Waals surface area contributed by atoms with Crippen molar-refractivity contribution in [3.8, 4) is 0 Å². The molecule has 1 rings (SSSR count). The molecule has 2 nitrogen and oxygen atoms in total. The molecule has 11 heavy (non-hydrogen) atoms. The topological polar surface area (TPSA) is 17.8 Å². The lowest BCUT2D eigenvalue weighted by molar-refractivity contribution is -0.141. The Balaban J connectivity index is 2.98. The van der Waals surface area contributed by atoms with Gasteiger partial charge in [0.2, 0.25) is 0 Å². The van der Waals surface area contributed by atoms with E-state index in [1.54, 1.807) is 0 Å². The zero-order chi connectivity index (χ0) is 8.48. The van der Waals surface area contributed by atoms with Crippen molar-refractivity contribution in [2.45, 2.75) is 6.18 Å². The third-order valence-electron chi connectivity index (χ3n) is 1.09. The van der Waals surface area contributed by atoms with Gasteiger partial charge in [0.05, 0.1) is 0 Å². The lowest BCUT2D eigenvalue weighted by Gasteiger charge is -1.99. The molecule has 1 aromatic heterocycles. The number of nitrogens with zero attached hydrogens (tertiary/aromatic N) is 2. The summed E-state index contributed by atoms with van der Waals surface area (Å²) in [6.07, 6.45) is -1.99. The molecule has 0 aromatic carbocycles. The van der Waals surface area contributed by atoms with Crippen LogP contribution in [-0.2, 0) is 6.18 Å². The predicted octanol–water partition coefficient (Wildman–Crippen LogP) is 2.00. The van der Waals surface area contributed by atoms with E-state index in [-0.39, 0.29) is 0 Å². The molecule has 5 heteroatoms. The first-order valence-corrected chi connectivity index (χ1v) is 2.79. The fourth-order valence-electron chi connectivity index (χ4n) is 0.591. The Hall–Kier alpha value is -1.26. The predicted molar refractivity (Wildman–Crippen MR) is 33.6 cm³/mol. The zero-order valence-corrected chi connectivity index (χ0v) is 5.47. The van der Waals surface area contributed by atoms with Crippen LogP contribution in [0.25, 0.3) is 6.20 Å². The molecule has 0 aliphatic carbocycles. The van der Waals surface area contributed by atoms with Crippen LogP contribution >= 0.6 is 0 Å². The highest BCUT2D eigenvalue weighted by Crippen LogP contribution is 2.26. The molecule has 1 aromatic rings. The second-order valence-electron chi connectivity index (χ2n) is 1.86. The number of aromatic nitrogens is 2. The molecule has 0 aliphatic rings. The molecule has 0 spiro atoms. The average Bonchev–Trinajstić information content (AvgIpc) is 2.32. The summed E-state index contributed by atoms with van der Waals surface area (Å²) in [6, 6.07) is 0.891. The summed E-state index contributed by atoms with van der Waals surface area (Å²) >= 11 is 0. The van der Waals surface area contributed by atoms with E-state index in [2.05, 4.69) is 11.7 Å². The Bertz CT molecular complexity index is 261. The van der Waals surface area contributed by atoms with E-state index in [9.17, 15) is 13.2 Å². The van der Waals surface area contributed by atoms with Gasteiger partial charge in [-0.2, -0.15) is 18.3 Å². The van der Waals surface area contributed by atoms with Crippen LogP contribution in [0.5, 0.6) is 0 Å². The van der Waals surface area contributed by atoms with Crippen molar-refractivity contribution in [3.05, 3.63) is 24.5 Å². The first-order valence-electron chi connectivity index (χ1n) is 2.79. The Kier molecular flexibility index (Phi) is 1.72. The van der Waals surface area contributed by atoms with Crippen LogP contribution in [0.15, 0.2) is 18.8 Å². The van der Waals surface area contributed by atoms with Gasteiger partial charge in [-0.05, 0) is 6.07 Å². The smallest absolute Gasteiger partial charge is 0.248 e. The Morgan fingerprint density at radius 2 is 2.18 bits per heavy atom. The fraction of sp³-hybridized carbons (Fsp3) is 0.167. The minimum absolute atomic E-state index is 0.891. The van der Waals surface area contributed by atoms with Crippen LogP contribution in [0.4, 0.5) is 13.2 Å². The molecule has 0 unspecified atom stereocenters. The second-order valence-corrected chi connectivity index (χ2v) is 1.86. The van der Waals surface area contributed by atoms with Gasteiger partial charge >= 0.3 is 6.18 Å². The molecule has 0 atom stereocenters. The maximum absolute atomic E-state index is 11.8. The molecule has 1 heterocycles. The van der Waals surface area contributed by atoms with Crippen molar-refractivity contribution in [3.63, 3.8) is 0 Å². The fourth-order valence-corrected chi connectivity index (χ4v) is 0.591. The van der Waals surface area contributed by atoms with Crippen LogP contribution in [-0.4, -0.2) is 9.78 Å². The van der Waals surface area contributed by atoms with Crippen LogP contribution in [0.3, 0.4) is 0 Å². The molecule has 0 saturated carbocycles. The molecule has 0 N–H and O–H groups in total. The molecular formula is C6H5F3N2. The van der Waals surface area contributed by atoms with Crippen molar-refractivity contribution >= 4 is 6.20 Å². The van der Waals surface area contributed by atoms with Gasteiger partial charge in [-0.15, -0.1) is 0 Å². The first-order chi connectivity index (χ1) is 5.04. The van der Waals surface area contributed by atoms with Gasteiger partial charge in [-0.3, -0.25) is 0 Å². The highest BCUT2D eigenvalue weighted by Gasteiger charge is 2.33. The van der Waals surface area contributed by atoms with Crippen LogP contribution in [0, 0.1) is 0 Å². The molecule has 0 amide bonds. The van der Waals surface area contributed by atoms with E-state index in [1.165, 1.54) is 12.4 Å². The average molecular weight is 162 g/mol.